The summed E-state index contributed by atoms with van der Waals surface area (Å²) in [5, 5.41) is -0.945. The number of fused-ring (bicyclic) bond motifs is 1. The normalized spacial score (nSPS) is 25.3. The van der Waals surface area contributed by atoms with E-state index in [1.54, 1.807) is 0 Å². The molecule has 0 saturated carbocycles. The van der Waals surface area contributed by atoms with Crippen molar-refractivity contribution in [2.75, 3.05) is 0 Å². The quantitative estimate of drug-likeness (QED) is 0.502. The Morgan fingerprint density at radius 3 is 1.67 bits per heavy atom. The summed E-state index contributed by atoms with van der Waals surface area (Å²) in [6.45, 7) is 4.10. The van der Waals surface area contributed by atoms with Gasteiger partial charge in [0, 0.05) is 11.8 Å². The monoisotopic (exact) mass is 398 g/mol. The molecule has 0 aromatic heterocycles. The van der Waals surface area contributed by atoms with Gasteiger partial charge in [-0.05, 0) is 27.8 Å². The molecule has 3 aliphatic carbocycles. The summed E-state index contributed by atoms with van der Waals surface area (Å²) in [4.78, 5) is 0. The number of rotatable bonds is 1. The lowest BCUT2D eigenvalue weighted by Gasteiger charge is -2.47. The fourth-order valence-corrected chi connectivity index (χ4v) is 6.41. The molecule has 0 spiro atoms. The number of halogens is 3. The predicted molar refractivity (Wildman–Crippen MR) is 98.7 cm³/mol. The number of hydrogen-bond acceptors (Lipinski definition) is 2. The molecule has 0 saturated heterocycles. The second-order valence-electron chi connectivity index (χ2n) is 6.15. The van der Waals surface area contributed by atoms with Crippen molar-refractivity contribution in [3.8, 4) is 0 Å². The van der Waals surface area contributed by atoms with Crippen LogP contribution < -0.4 is 0 Å². The molecule has 2 bridgehead atoms. The van der Waals surface area contributed by atoms with Crippen molar-refractivity contribution in [2.24, 2.45) is 0 Å². The molecule has 0 amide bonds. The van der Waals surface area contributed by atoms with Crippen molar-refractivity contribution in [1.29, 1.82) is 0 Å². The zero-order chi connectivity index (χ0) is 17.3. The minimum atomic E-state index is -4.07. The smallest absolute Gasteiger partial charge is 0.224 e. The van der Waals surface area contributed by atoms with E-state index >= 15 is 0 Å². The third-order valence-electron chi connectivity index (χ3n) is 4.98. The van der Waals surface area contributed by atoms with Crippen LogP contribution in [0, 0.1) is 0 Å². The minimum Gasteiger partial charge on any atom is -0.224 e. The van der Waals surface area contributed by atoms with Crippen molar-refractivity contribution in [2.45, 2.75) is 20.2 Å². The maximum absolute atomic E-state index is 13.0. The van der Waals surface area contributed by atoms with Crippen LogP contribution >= 0.6 is 34.8 Å². The van der Waals surface area contributed by atoms with Crippen LogP contribution in [0.2, 0.25) is 0 Å². The highest BCUT2D eigenvalue weighted by atomic mass is 35.6. The molecule has 0 fully saturated rings. The molecule has 2 aromatic carbocycles. The highest BCUT2D eigenvalue weighted by molar-refractivity contribution is 7.98. The van der Waals surface area contributed by atoms with E-state index in [1.807, 2.05) is 48.5 Å². The molecule has 1 atom stereocenters. The Balaban J connectivity index is 2.04. The van der Waals surface area contributed by atoms with Gasteiger partial charge in [0.05, 0.1) is 5.25 Å². The summed E-state index contributed by atoms with van der Waals surface area (Å²) < 4.78 is 23.6. The largest absolute Gasteiger partial charge is 0.293 e. The molecule has 0 radical (unpaired) electrons. The number of hydrogen-bond donors (Lipinski definition) is 0. The summed E-state index contributed by atoms with van der Waals surface area (Å²) in [6.07, 6.45) is 0. The van der Waals surface area contributed by atoms with Gasteiger partial charge >= 0.3 is 0 Å². The number of alkyl halides is 3. The van der Waals surface area contributed by atoms with Crippen LogP contribution in [0.3, 0.4) is 0 Å². The van der Waals surface area contributed by atoms with Gasteiger partial charge in [-0.2, -0.15) is 0 Å². The van der Waals surface area contributed by atoms with E-state index in [1.165, 1.54) is 0 Å². The van der Waals surface area contributed by atoms with E-state index in [0.29, 0.717) is 5.57 Å². The van der Waals surface area contributed by atoms with Gasteiger partial charge in [-0.3, -0.25) is 0 Å². The molecular weight excluding hydrogens is 387 g/mol. The Hall–Kier alpha value is -1.000. The SMILES string of the molecule is C=C1C2c3ccccc3C(c3ccccc32)C1S(=O)(=O)C(Cl)(Cl)Cl. The van der Waals surface area contributed by atoms with Crippen molar-refractivity contribution in [1.82, 2.24) is 0 Å². The lowest BCUT2D eigenvalue weighted by Crippen LogP contribution is -2.45. The second-order valence-corrected chi connectivity index (χ2v) is 11.3. The van der Waals surface area contributed by atoms with Gasteiger partial charge in [0.1, 0.15) is 0 Å². The van der Waals surface area contributed by atoms with Gasteiger partial charge in [-0.25, -0.2) is 8.42 Å². The third-order valence-corrected chi connectivity index (χ3v) is 8.80. The van der Waals surface area contributed by atoms with Crippen LogP contribution in [0.1, 0.15) is 34.1 Å². The highest BCUT2D eigenvalue weighted by Gasteiger charge is 2.56. The zero-order valence-electron chi connectivity index (χ0n) is 12.4. The Bertz CT molecular complexity index is 913. The standard InChI is InChI=1S/C18H13Cl3O2S/c1-10-15-11-6-2-4-8-13(11)16(14-9-5-3-7-12(14)15)17(10)24(22,23)18(19,20)21/h2-9,15-17H,1H2. The lowest BCUT2D eigenvalue weighted by molar-refractivity contribution is 0.556. The molecule has 2 aromatic rings. The summed E-state index contributed by atoms with van der Waals surface area (Å²) in [7, 11) is -4.07. The van der Waals surface area contributed by atoms with Crippen LogP contribution in [0.15, 0.2) is 60.7 Å². The number of sulfone groups is 1. The first-order chi connectivity index (χ1) is 11.2. The fraction of sp³-hybridized carbons (Fsp3) is 0.222. The van der Waals surface area contributed by atoms with Crippen molar-refractivity contribution in [3.05, 3.63) is 82.9 Å². The first kappa shape index (κ1) is 16.5. The van der Waals surface area contributed by atoms with Gasteiger partial charge in [-0.1, -0.05) is 89.9 Å². The van der Waals surface area contributed by atoms with Crippen molar-refractivity contribution >= 4 is 44.6 Å². The maximum Gasteiger partial charge on any atom is 0.293 e. The van der Waals surface area contributed by atoms with Crippen LogP contribution in [0.25, 0.3) is 0 Å². The zero-order valence-corrected chi connectivity index (χ0v) is 15.5. The van der Waals surface area contributed by atoms with Gasteiger partial charge < -0.3 is 0 Å². The average Bonchev–Trinajstić information content (AvgIpc) is 2.53. The summed E-state index contributed by atoms with van der Waals surface area (Å²) >= 11 is 17.4. The van der Waals surface area contributed by atoms with Crippen molar-refractivity contribution in [3.63, 3.8) is 0 Å². The third kappa shape index (κ3) is 2.05. The van der Waals surface area contributed by atoms with E-state index in [2.05, 4.69) is 6.58 Å². The molecule has 3 aliphatic rings. The predicted octanol–water partition coefficient (Wildman–Crippen LogP) is 4.94. The topological polar surface area (TPSA) is 34.1 Å². The van der Waals surface area contributed by atoms with E-state index in [0.717, 1.165) is 22.3 Å². The maximum atomic E-state index is 13.0. The van der Waals surface area contributed by atoms with E-state index in [9.17, 15) is 8.42 Å². The van der Waals surface area contributed by atoms with E-state index < -0.39 is 24.1 Å². The van der Waals surface area contributed by atoms with E-state index in [-0.39, 0.29) is 5.92 Å². The molecule has 0 heterocycles. The molecule has 124 valence electrons. The second kappa shape index (κ2) is 5.25. The van der Waals surface area contributed by atoms with Crippen LogP contribution in [-0.2, 0) is 9.84 Å². The molecule has 5 rings (SSSR count). The summed E-state index contributed by atoms with van der Waals surface area (Å²) in [5.74, 6) is -0.606. The molecule has 6 heteroatoms. The average molecular weight is 400 g/mol. The van der Waals surface area contributed by atoms with Gasteiger partial charge in [0.15, 0.2) is 0 Å². The Morgan fingerprint density at radius 1 is 0.833 bits per heavy atom. The molecule has 0 N–H and O–H groups in total. The van der Waals surface area contributed by atoms with Gasteiger partial charge in [0.25, 0.3) is 3.12 Å². The van der Waals surface area contributed by atoms with Crippen LogP contribution in [-0.4, -0.2) is 16.8 Å². The molecular formula is C18H13Cl3O2S. The molecule has 24 heavy (non-hydrogen) atoms. The summed E-state index contributed by atoms with van der Waals surface area (Å²) in [6, 6.07) is 15.7. The first-order valence-corrected chi connectivity index (χ1v) is 10.1. The molecule has 0 aliphatic heterocycles. The first-order valence-electron chi connectivity index (χ1n) is 7.41. The molecule has 1 unspecified atom stereocenters. The Labute approximate surface area is 156 Å². The van der Waals surface area contributed by atoms with Crippen LogP contribution in [0.4, 0.5) is 0 Å². The highest BCUT2D eigenvalue weighted by Crippen LogP contribution is 2.58. The van der Waals surface area contributed by atoms with Gasteiger partial charge in [-0.15, -0.1) is 0 Å². The number of benzene rings is 2. The summed E-state index contributed by atoms with van der Waals surface area (Å²) in [5.41, 5.74) is 4.68. The fourth-order valence-electron chi connectivity index (χ4n) is 4.08. The van der Waals surface area contributed by atoms with Crippen LogP contribution in [0.5, 0.6) is 0 Å². The Kier molecular flexibility index (Phi) is 3.60. The Morgan fingerprint density at radius 2 is 1.25 bits per heavy atom. The minimum absolute atomic E-state index is 0.200. The lowest BCUT2D eigenvalue weighted by atomic mass is 9.62. The van der Waals surface area contributed by atoms with E-state index in [4.69, 9.17) is 34.8 Å². The molecule has 2 nitrogen and oxygen atoms in total. The van der Waals surface area contributed by atoms with Crippen molar-refractivity contribution < 1.29 is 8.42 Å². The van der Waals surface area contributed by atoms with Gasteiger partial charge in [0.2, 0.25) is 9.84 Å².